The zero-order valence-electron chi connectivity index (χ0n) is 15.7. The second-order valence-corrected chi connectivity index (χ2v) is 6.34. The van der Waals surface area contributed by atoms with Gasteiger partial charge in [-0.1, -0.05) is 12.1 Å². The van der Waals surface area contributed by atoms with Crippen LogP contribution in [0.15, 0.2) is 54.7 Å². The minimum Gasteiger partial charge on any atom is -0.384 e. The molecule has 1 atom stereocenters. The minimum absolute atomic E-state index is 0.0360. The van der Waals surface area contributed by atoms with Crippen LogP contribution in [0.5, 0.6) is 0 Å². The molecular formula is C21H25N5O. The molecule has 3 N–H and O–H groups in total. The smallest absolute Gasteiger partial charge is 0.245 e. The van der Waals surface area contributed by atoms with Gasteiger partial charge in [-0.2, -0.15) is 0 Å². The summed E-state index contributed by atoms with van der Waals surface area (Å²) in [5.41, 5.74) is 8.40. The highest BCUT2D eigenvalue weighted by atomic mass is 16.2. The lowest BCUT2D eigenvalue weighted by atomic mass is 10.1. The van der Waals surface area contributed by atoms with Gasteiger partial charge >= 0.3 is 0 Å². The van der Waals surface area contributed by atoms with E-state index in [2.05, 4.69) is 21.4 Å². The SMILES string of the molecule is CCN(CC)C(=O)C(NCc1ccc2nc(N)ccc2c1)c1ccccn1. The number of pyridine rings is 2. The van der Waals surface area contributed by atoms with E-state index in [9.17, 15) is 4.79 Å². The quantitative estimate of drug-likeness (QED) is 0.674. The van der Waals surface area contributed by atoms with Crippen LogP contribution in [0.2, 0.25) is 0 Å². The molecule has 0 bridgehead atoms. The molecule has 6 nitrogen and oxygen atoms in total. The molecule has 0 aliphatic rings. The Labute approximate surface area is 159 Å². The van der Waals surface area contributed by atoms with Gasteiger partial charge in [0, 0.05) is 31.2 Å². The highest BCUT2D eigenvalue weighted by Crippen LogP contribution is 2.18. The van der Waals surface area contributed by atoms with Gasteiger partial charge < -0.3 is 10.6 Å². The number of aromatic nitrogens is 2. The van der Waals surface area contributed by atoms with Gasteiger partial charge in [-0.05, 0) is 55.8 Å². The van der Waals surface area contributed by atoms with Gasteiger partial charge in [0.05, 0.1) is 11.2 Å². The predicted molar refractivity (Wildman–Crippen MR) is 108 cm³/mol. The third-order valence-electron chi connectivity index (χ3n) is 4.59. The van der Waals surface area contributed by atoms with E-state index < -0.39 is 6.04 Å². The number of anilines is 1. The van der Waals surface area contributed by atoms with E-state index in [0.717, 1.165) is 22.2 Å². The van der Waals surface area contributed by atoms with E-state index in [1.54, 1.807) is 12.3 Å². The molecule has 0 aliphatic heterocycles. The fourth-order valence-electron chi connectivity index (χ4n) is 3.10. The van der Waals surface area contributed by atoms with Crippen LogP contribution >= 0.6 is 0 Å². The lowest BCUT2D eigenvalue weighted by molar-refractivity contribution is -0.133. The number of carbonyl (C=O) groups excluding carboxylic acids is 1. The summed E-state index contributed by atoms with van der Waals surface area (Å²) in [6, 6.07) is 14.9. The third kappa shape index (κ3) is 4.41. The van der Waals surface area contributed by atoms with Crippen LogP contribution in [0.1, 0.15) is 31.1 Å². The number of likely N-dealkylation sites (N-methyl/N-ethyl adjacent to an activating group) is 1. The molecule has 3 rings (SSSR count). The number of nitrogen functional groups attached to an aromatic ring is 1. The number of hydrogen-bond acceptors (Lipinski definition) is 5. The number of benzene rings is 1. The molecule has 0 aliphatic carbocycles. The standard InChI is InChI=1S/C21H25N5O/c1-3-26(4-2)21(27)20(18-7-5-6-12-23-18)24-14-15-8-10-17-16(13-15)9-11-19(22)25-17/h5-13,20,24H,3-4,14H2,1-2H3,(H2,22,25). The van der Waals surface area contributed by atoms with Crippen LogP contribution in [0.25, 0.3) is 10.9 Å². The predicted octanol–water partition coefficient (Wildman–Crippen LogP) is 2.91. The molecule has 2 aromatic heterocycles. The highest BCUT2D eigenvalue weighted by Gasteiger charge is 2.25. The van der Waals surface area contributed by atoms with E-state index in [0.29, 0.717) is 25.5 Å². The maximum Gasteiger partial charge on any atom is 0.245 e. The monoisotopic (exact) mass is 363 g/mol. The molecule has 3 aromatic rings. The van der Waals surface area contributed by atoms with Crippen molar-refractivity contribution in [2.45, 2.75) is 26.4 Å². The summed E-state index contributed by atoms with van der Waals surface area (Å²) in [5, 5.41) is 4.40. The van der Waals surface area contributed by atoms with Crippen LogP contribution in [0.4, 0.5) is 5.82 Å². The first-order valence-electron chi connectivity index (χ1n) is 9.20. The topological polar surface area (TPSA) is 84.1 Å². The van der Waals surface area contributed by atoms with Crippen molar-refractivity contribution in [1.82, 2.24) is 20.2 Å². The van der Waals surface area contributed by atoms with Gasteiger partial charge in [-0.3, -0.25) is 15.1 Å². The molecule has 1 unspecified atom stereocenters. The third-order valence-corrected chi connectivity index (χ3v) is 4.59. The Morgan fingerprint density at radius 2 is 1.96 bits per heavy atom. The molecule has 27 heavy (non-hydrogen) atoms. The van der Waals surface area contributed by atoms with Crippen LogP contribution in [0, 0.1) is 0 Å². The normalized spacial score (nSPS) is 12.1. The molecule has 0 saturated carbocycles. The number of nitrogens with two attached hydrogens (primary N) is 1. The van der Waals surface area contributed by atoms with Crippen LogP contribution < -0.4 is 11.1 Å². The number of nitrogens with one attached hydrogen (secondary N) is 1. The fraction of sp³-hybridized carbons (Fsp3) is 0.286. The summed E-state index contributed by atoms with van der Waals surface area (Å²) < 4.78 is 0. The van der Waals surface area contributed by atoms with Crippen molar-refractivity contribution in [2.75, 3.05) is 18.8 Å². The van der Waals surface area contributed by atoms with Crippen LogP contribution in [-0.4, -0.2) is 33.9 Å². The average molecular weight is 363 g/mol. The summed E-state index contributed by atoms with van der Waals surface area (Å²) >= 11 is 0. The zero-order chi connectivity index (χ0) is 19.2. The molecule has 6 heteroatoms. The molecule has 0 spiro atoms. The number of fused-ring (bicyclic) bond motifs is 1. The van der Waals surface area contributed by atoms with Gasteiger partial charge in [0.25, 0.3) is 0 Å². The van der Waals surface area contributed by atoms with Crippen molar-refractivity contribution < 1.29 is 4.79 Å². The van der Waals surface area contributed by atoms with E-state index in [1.807, 2.05) is 55.1 Å². The first kappa shape index (κ1) is 18.8. The molecule has 1 aromatic carbocycles. The number of amides is 1. The van der Waals surface area contributed by atoms with Crippen molar-refractivity contribution in [3.05, 3.63) is 66.0 Å². The van der Waals surface area contributed by atoms with Crippen molar-refractivity contribution in [3.63, 3.8) is 0 Å². The molecular weight excluding hydrogens is 338 g/mol. The Morgan fingerprint density at radius 1 is 1.15 bits per heavy atom. The molecule has 2 heterocycles. The lowest BCUT2D eigenvalue weighted by Gasteiger charge is -2.25. The van der Waals surface area contributed by atoms with E-state index in [1.165, 1.54) is 0 Å². The summed E-state index contributed by atoms with van der Waals surface area (Å²) in [5.74, 6) is 0.544. The second kappa shape index (κ2) is 8.60. The van der Waals surface area contributed by atoms with Crippen LogP contribution in [-0.2, 0) is 11.3 Å². The van der Waals surface area contributed by atoms with Crippen molar-refractivity contribution in [3.8, 4) is 0 Å². The van der Waals surface area contributed by atoms with E-state index in [-0.39, 0.29) is 5.91 Å². The van der Waals surface area contributed by atoms with Crippen molar-refractivity contribution in [1.29, 1.82) is 0 Å². The van der Waals surface area contributed by atoms with Gasteiger partial charge in [-0.25, -0.2) is 4.98 Å². The Kier molecular flexibility index (Phi) is 5.98. The molecule has 0 fully saturated rings. The number of rotatable bonds is 7. The van der Waals surface area contributed by atoms with Gasteiger partial charge in [-0.15, -0.1) is 0 Å². The second-order valence-electron chi connectivity index (χ2n) is 6.34. The maximum atomic E-state index is 13.0. The zero-order valence-corrected chi connectivity index (χ0v) is 15.7. The summed E-state index contributed by atoms with van der Waals surface area (Å²) in [6.45, 7) is 5.86. The summed E-state index contributed by atoms with van der Waals surface area (Å²) in [6.07, 6.45) is 1.71. The average Bonchev–Trinajstić information content (AvgIpc) is 2.70. The largest absolute Gasteiger partial charge is 0.384 e. The van der Waals surface area contributed by atoms with Crippen LogP contribution in [0.3, 0.4) is 0 Å². The Hall–Kier alpha value is -2.99. The first-order valence-corrected chi connectivity index (χ1v) is 9.20. The van der Waals surface area contributed by atoms with E-state index >= 15 is 0 Å². The first-order chi connectivity index (χ1) is 13.1. The minimum atomic E-state index is -0.480. The molecule has 1 amide bonds. The molecule has 140 valence electrons. The fourth-order valence-corrected chi connectivity index (χ4v) is 3.10. The molecule has 0 radical (unpaired) electrons. The lowest BCUT2D eigenvalue weighted by Crippen LogP contribution is -2.41. The highest BCUT2D eigenvalue weighted by molar-refractivity contribution is 5.83. The number of carbonyl (C=O) groups is 1. The Bertz CT molecular complexity index is 909. The number of nitrogens with zero attached hydrogens (tertiary/aromatic N) is 3. The van der Waals surface area contributed by atoms with Crippen molar-refractivity contribution in [2.24, 2.45) is 0 Å². The number of hydrogen-bond donors (Lipinski definition) is 2. The van der Waals surface area contributed by atoms with Gasteiger partial charge in [0.1, 0.15) is 11.9 Å². The van der Waals surface area contributed by atoms with Gasteiger partial charge in [0.15, 0.2) is 0 Å². The van der Waals surface area contributed by atoms with E-state index in [4.69, 9.17) is 5.73 Å². The summed E-state index contributed by atoms with van der Waals surface area (Å²) in [7, 11) is 0. The Morgan fingerprint density at radius 3 is 2.67 bits per heavy atom. The van der Waals surface area contributed by atoms with Gasteiger partial charge in [0.2, 0.25) is 5.91 Å². The van der Waals surface area contributed by atoms with Crippen molar-refractivity contribution >= 4 is 22.6 Å². The Balaban J connectivity index is 1.82. The molecule has 0 saturated heterocycles. The summed E-state index contributed by atoms with van der Waals surface area (Å²) in [4.78, 5) is 23.5. The maximum absolute atomic E-state index is 13.0.